The molecule has 0 spiro atoms. The molecule has 0 aliphatic rings. The maximum Gasteiger partial charge on any atom is 0.137 e. The molecule has 1 atom stereocenters. The van der Waals surface area contributed by atoms with Gasteiger partial charge in [0.2, 0.25) is 0 Å². The molecule has 1 heterocycles. The average Bonchev–Trinajstić information content (AvgIpc) is 2.63. The van der Waals surface area contributed by atoms with Crippen molar-refractivity contribution >= 4 is 17.2 Å². The molecule has 0 aliphatic carbocycles. The Morgan fingerprint density at radius 1 is 1.53 bits per heavy atom. The second-order valence-corrected chi connectivity index (χ2v) is 3.82. The zero-order valence-corrected chi connectivity index (χ0v) is 8.66. The molecule has 0 fully saturated rings. The summed E-state index contributed by atoms with van der Waals surface area (Å²) in [4.78, 5) is 13.7. The van der Waals surface area contributed by atoms with Crippen LogP contribution in [0.3, 0.4) is 0 Å². The van der Waals surface area contributed by atoms with Crippen molar-refractivity contribution in [2.45, 2.75) is 19.4 Å². The minimum atomic E-state index is -0.412. The zero-order valence-electron chi connectivity index (χ0n) is 8.66. The van der Waals surface area contributed by atoms with Crippen LogP contribution in [0.15, 0.2) is 24.4 Å². The molecule has 3 nitrogen and oxygen atoms in total. The number of hydrogen-bond donors (Lipinski definition) is 2. The fraction of sp³-hybridized carbons (Fsp3) is 0.250. The number of carbonyl (C=O) groups is 1. The third-order valence-electron chi connectivity index (χ3n) is 2.64. The van der Waals surface area contributed by atoms with Crippen molar-refractivity contribution in [2.24, 2.45) is 5.73 Å². The largest absolute Gasteiger partial charge is 0.361 e. The molecule has 0 bridgehead atoms. The van der Waals surface area contributed by atoms with Gasteiger partial charge >= 0.3 is 0 Å². The van der Waals surface area contributed by atoms with E-state index in [1.54, 1.807) is 0 Å². The van der Waals surface area contributed by atoms with Gasteiger partial charge in [-0.05, 0) is 24.5 Å². The molecule has 3 N–H and O–H groups in total. The van der Waals surface area contributed by atoms with E-state index in [4.69, 9.17) is 5.73 Å². The smallest absolute Gasteiger partial charge is 0.137 e. The van der Waals surface area contributed by atoms with Crippen LogP contribution in [-0.4, -0.2) is 17.3 Å². The molecule has 3 heteroatoms. The number of aromatic nitrogens is 1. The minimum absolute atomic E-state index is 0.412. The lowest BCUT2D eigenvalue weighted by Crippen LogP contribution is -2.23. The Bertz CT molecular complexity index is 487. The van der Waals surface area contributed by atoms with E-state index in [1.165, 1.54) is 5.56 Å². The van der Waals surface area contributed by atoms with Crippen molar-refractivity contribution in [1.29, 1.82) is 0 Å². The number of aryl methyl sites for hydroxylation is 1. The quantitative estimate of drug-likeness (QED) is 0.742. The Hall–Kier alpha value is -1.61. The molecule has 0 aliphatic heterocycles. The van der Waals surface area contributed by atoms with E-state index in [0.717, 1.165) is 22.8 Å². The van der Waals surface area contributed by atoms with Gasteiger partial charge in [-0.2, -0.15) is 0 Å². The third kappa shape index (κ3) is 1.78. The van der Waals surface area contributed by atoms with E-state index in [0.29, 0.717) is 6.42 Å². The number of fused-ring (bicyclic) bond motifs is 1. The third-order valence-corrected chi connectivity index (χ3v) is 2.64. The van der Waals surface area contributed by atoms with Crippen molar-refractivity contribution in [3.63, 3.8) is 0 Å². The van der Waals surface area contributed by atoms with E-state index < -0.39 is 6.04 Å². The molecule has 0 radical (unpaired) electrons. The maximum atomic E-state index is 10.5. The highest BCUT2D eigenvalue weighted by Gasteiger charge is 2.08. The Morgan fingerprint density at radius 3 is 3.07 bits per heavy atom. The molecule has 15 heavy (non-hydrogen) atoms. The van der Waals surface area contributed by atoms with Crippen LogP contribution >= 0.6 is 0 Å². The van der Waals surface area contributed by atoms with Gasteiger partial charge in [0.05, 0.1) is 6.04 Å². The molecule has 2 aromatic rings. The lowest BCUT2D eigenvalue weighted by molar-refractivity contribution is -0.108. The molecular weight excluding hydrogens is 188 g/mol. The first-order valence-electron chi connectivity index (χ1n) is 4.99. The maximum absolute atomic E-state index is 10.5. The second-order valence-electron chi connectivity index (χ2n) is 3.82. The molecule has 0 saturated heterocycles. The molecule has 2 rings (SSSR count). The van der Waals surface area contributed by atoms with E-state index in [-0.39, 0.29) is 0 Å². The first-order valence-corrected chi connectivity index (χ1v) is 4.99. The normalized spacial score (nSPS) is 12.9. The first-order chi connectivity index (χ1) is 7.22. The predicted molar refractivity (Wildman–Crippen MR) is 60.8 cm³/mol. The highest BCUT2D eigenvalue weighted by Crippen LogP contribution is 2.21. The topological polar surface area (TPSA) is 58.9 Å². The molecule has 0 amide bonds. The van der Waals surface area contributed by atoms with Crippen LogP contribution < -0.4 is 5.73 Å². The van der Waals surface area contributed by atoms with Crippen LogP contribution in [0.5, 0.6) is 0 Å². The van der Waals surface area contributed by atoms with Crippen molar-refractivity contribution in [1.82, 2.24) is 4.98 Å². The summed E-state index contributed by atoms with van der Waals surface area (Å²) in [5, 5.41) is 1.16. The number of rotatable bonds is 3. The van der Waals surface area contributed by atoms with Crippen LogP contribution in [0.4, 0.5) is 0 Å². The molecule has 78 valence electrons. The fourth-order valence-corrected chi connectivity index (χ4v) is 1.83. The lowest BCUT2D eigenvalue weighted by atomic mass is 10.0. The van der Waals surface area contributed by atoms with Gasteiger partial charge in [0.15, 0.2) is 0 Å². The number of H-pyrrole nitrogens is 1. The Labute approximate surface area is 88.3 Å². The minimum Gasteiger partial charge on any atom is -0.361 e. The Kier molecular flexibility index (Phi) is 2.56. The highest BCUT2D eigenvalue weighted by molar-refractivity contribution is 5.86. The summed E-state index contributed by atoms with van der Waals surface area (Å²) < 4.78 is 0. The number of nitrogens with one attached hydrogen (secondary N) is 1. The van der Waals surface area contributed by atoms with Crippen molar-refractivity contribution < 1.29 is 4.79 Å². The highest BCUT2D eigenvalue weighted by atomic mass is 16.1. The lowest BCUT2D eigenvalue weighted by Gasteiger charge is -2.02. The van der Waals surface area contributed by atoms with Gasteiger partial charge in [0.25, 0.3) is 0 Å². The van der Waals surface area contributed by atoms with E-state index >= 15 is 0 Å². The van der Waals surface area contributed by atoms with Gasteiger partial charge in [-0.25, -0.2) is 0 Å². The van der Waals surface area contributed by atoms with Crippen molar-refractivity contribution in [3.8, 4) is 0 Å². The number of hydrogen-bond acceptors (Lipinski definition) is 2. The van der Waals surface area contributed by atoms with Gasteiger partial charge in [-0.3, -0.25) is 0 Å². The number of aromatic amines is 1. The van der Waals surface area contributed by atoms with E-state index in [9.17, 15) is 4.79 Å². The summed E-state index contributed by atoms with van der Waals surface area (Å²) in [6.45, 7) is 2.06. The van der Waals surface area contributed by atoms with Gasteiger partial charge < -0.3 is 15.5 Å². The standard InChI is InChI=1S/C12H14N2O/c1-8-3-2-4-11-9(5-10(13)7-15)6-14-12(8)11/h2-4,6-7,10,14H,5,13H2,1H3. The monoisotopic (exact) mass is 202 g/mol. The van der Waals surface area contributed by atoms with Crippen LogP contribution in [0, 0.1) is 6.92 Å². The van der Waals surface area contributed by atoms with Gasteiger partial charge in [0, 0.05) is 17.1 Å². The summed E-state index contributed by atoms with van der Waals surface area (Å²) in [6.07, 6.45) is 3.31. The summed E-state index contributed by atoms with van der Waals surface area (Å²) >= 11 is 0. The number of para-hydroxylation sites is 1. The Balaban J connectivity index is 2.45. The Morgan fingerprint density at radius 2 is 2.33 bits per heavy atom. The van der Waals surface area contributed by atoms with Gasteiger partial charge in [-0.1, -0.05) is 18.2 Å². The number of benzene rings is 1. The molecule has 0 saturated carbocycles. The van der Waals surface area contributed by atoms with Crippen molar-refractivity contribution in [3.05, 3.63) is 35.5 Å². The predicted octanol–water partition coefficient (Wildman–Crippen LogP) is 1.55. The molecule has 1 aromatic carbocycles. The van der Waals surface area contributed by atoms with Crippen LogP contribution in [-0.2, 0) is 11.2 Å². The summed E-state index contributed by atoms with van der Waals surface area (Å²) in [7, 11) is 0. The summed E-state index contributed by atoms with van der Waals surface area (Å²) in [5.74, 6) is 0. The molecule has 1 aromatic heterocycles. The SMILES string of the molecule is Cc1cccc2c(CC(N)C=O)c[nH]c12. The number of nitrogens with two attached hydrogens (primary N) is 1. The summed E-state index contributed by atoms with van der Waals surface area (Å²) in [6, 6.07) is 5.71. The van der Waals surface area contributed by atoms with Gasteiger partial charge in [0.1, 0.15) is 6.29 Å². The van der Waals surface area contributed by atoms with Crippen LogP contribution in [0.25, 0.3) is 10.9 Å². The van der Waals surface area contributed by atoms with Crippen LogP contribution in [0.2, 0.25) is 0 Å². The second kappa shape index (κ2) is 3.87. The zero-order chi connectivity index (χ0) is 10.8. The number of carbonyl (C=O) groups excluding carboxylic acids is 1. The van der Waals surface area contributed by atoms with Crippen LogP contribution in [0.1, 0.15) is 11.1 Å². The number of aldehydes is 1. The van der Waals surface area contributed by atoms with Gasteiger partial charge in [-0.15, -0.1) is 0 Å². The fourth-order valence-electron chi connectivity index (χ4n) is 1.83. The van der Waals surface area contributed by atoms with E-state index in [1.807, 2.05) is 18.3 Å². The molecule has 1 unspecified atom stereocenters. The molecular formula is C12H14N2O. The van der Waals surface area contributed by atoms with Crippen molar-refractivity contribution in [2.75, 3.05) is 0 Å². The van der Waals surface area contributed by atoms with E-state index in [2.05, 4.69) is 18.0 Å². The average molecular weight is 202 g/mol. The first kappa shape index (κ1) is 9.93. The summed E-state index contributed by atoms with van der Waals surface area (Å²) in [5.41, 5.74) is 9.05.